The third-order valence-corrected chi connectivity index (χ3v) is 4.83. The minimum absolute atomic E-state index is 0.183. The highest BCUT2D eigenvalue weighted by Gasteiger charge is 2.24. The maximum atomic E-state index is 13.9. The third-order valence-electron chi connectivity index (χ3n) is 4.83. The minimum Gasteiger partial charge on any atom is -0.467 e. The van der Waals surface area contributed by atoms with E-state index in [1.165, 1.54) is 12.1 Å². The Hall–Kier alpha value is -2.55. The zero-order valence-electron chi connectivity index (χ0n) is 17.1. The monoisotopic (exact) mass is 408 g/mol. The highest BCUT2D eigenvalue weighted by Crippen LogP contribution is 2.29. The summed E-state index contributed by atoms with van der Waals surface area (Å²) in [7, 11) is 0. The van der Waals surface area contributed by atoms with Crippen molar-refractivity contribution in [1.82, 2.24) is 15.1 Å². The van der Waals surface area contributed by atoms with E-state index in [2.05, 4.69) is 10.2 Å². The quantitative estimate of drug-likeness (QED) is 0.593. The summed E-state index contributed by atoms with van der Waals surface area (Å²) in [5.41, 5.74) is 1.53. The number of nitrogens with zero attached hydrogens (tertiary/aromatic N) is 3. The van der Waals surface area contributed by atoms with Crippen molar-refractivity contribution < 1.29 is 23.4 Å². The van der Waals surface area contributed by atoms with Gasteiger partial charge < -0.3 is 29.3 Å². The van der Waals surface area contributed by atoms with Gasteiger partial charge in [0.05, 0.1) is 13.2 Å². The van der Waals surface area contributed by atoms with Crippen LogP contribution in [0.5, 0.6) is 5.75 Å². The largest absolute Gasteiger partial charge is 0.467 e. The molecule has 8 nitrogen and oxygen atoms in total. The van der Waals surface area contributed by atoms with Crippen LogP contribution in [0, 0.1) is 5.82 Å². The fourth-order valence-corrected chi connectivity index (χ4v) is 3.47. The molecule has 0 bridgehead atoms. The first-order valence-electron chi connectivity index (χ1n) is 10.1. The van der Waals surface area contributed by atoms with E-state index in [4.69, 9.17) is 19.2 Å². The number of carbonyl (C=O) groups is 1. The van der Waals surface area contributed by atoms with Gasteiger partial charge in [0.25, 0.3) is 0 Å². The van der Waals surface area contributed by atoms with Crippen LogP contribution in [0.3, 0.4) is 0 Å². The predicted molar refractivity (Wildman–Crippen MR) is 107 cm³/mol. The summed E-state index contributed by atoms with van der Waals surface area (Å²) < 4.78 is 29.8. The number of hydrogen-bond acceptors (Lipinski definition) is 5. The molecular weight excluding hydrogens is 379 g/mol. The van der Waals surface area contributed by atoms with Gasteiger partial charge in [0, 0.05) is 44.8 Å². The fourth-order valence-electron chi connectivity index (χ4n) is 3.47. The molecule has 0 atom stereocenters. The van der Waals surface area contributed by atoms with Crippen molar-refractivity contribution in [2.45, 2.75) is 26.9 Å². The van der Waals surface area contributed by atoms with Gasteiger partial charge in [-0.05, 0) is 38.0 Å². The molecule has 0 unspecified atom stereocenters. The van der Waals surface area contributed by atoms with Crippen LogP contribution in [0.2, 0.25) is 0 Å². The van der Waals surface area contributed by atoms with E-state index in [9.17, 15) is 9.18 Å². The van der Waals surface area contributed by atoms with Crippen molar-refractivity contribution in [3.63, 3.8) is 0 Å². The van der Waals surface area contributed by atoms with Crippen LogP contribution in [0.1, 0.15) is 25.0 Å². The van der Waals surface area contributed by atoms with Gasteiger partial charge in [-0.25, -0.2) is 9.18 Å². The number of ether oxygens (including phenoxy) is 3. The third kappa shape index (κ3) is 5.50. The Balaban J connectivity index is 1.61. The Labute approximate surface area is 170 Å². The number of nitrogens with one attached hydrogen (secondary N) is 1. The number of rotatable bonds is 5. The highest BCUT2D eigenvalue weighted by molar-refractivity contribution is 5.80. The van der Waals surface area contributed by atoms with Crippen LogP contribution in [-0.2, 0) is 22.5 Å². The van der Waals surface area contributed by atoms with E-state index in [-0.39, 0.29) is 18.7 Å². The standard InChI is InChI=1S/C20H29FN4O4/c1-3-22-19(24-7-9-25(10-8-24)20(26)28-4-2)23-6-5-15-11-17(21)12-16-13-27-14-29-18(15)16/h11-12H,3-10,13-14H2,1-2H3,(H,22,23). The first-order valence-corrected chi connectivity index (χ1v) is 10.1. The van der Waals surface area contributed by atoms with Crippen molar-refractivity contribution in [3.05, 3.63) is 29.1 Å². The second-order valence-electron chi connectivity index (χ2n) is 6.82. The van der Waals surface area contributed by atoms with Crippen LogP contribution in [0.15, 0.2) is 17.1 Å². The van der Waals surface area contributed by atoms with Gasteiger partial charge in [0.15, 0.2) is 12.8 Å². The van der Waals surface area contributed by atoms with Crippen LogP contribution in [-0.4, -0.2) is 74.5 Å². The topological polar surface area (TPSA) is 75.6 Å². The van der Waals surface area contributed by atoms with Gasteiger partial charge in [0.1, 0.15) is 11.6 Å². The van der Waals surface area contributed by atoms with Crippen molar-refractivity contribution in [1.29, 1.82) is 0 Å². The lowest BCUT2D eigenvalue weighted by atomic mass is 10.1. The lowest BCUT2D eigenvalue weighted by molar-refractivity contribution is -0.0172. The second kappa shape index (κ2) is 10.3. The summed E-state index contributed by atoms with van der Waals surface area (Å²) in [6, 6.07) is 2.96. The molecular formula is C20H29FN4O4. The molecule has 1 N–H and O–H groups in total. The molecule has 9 heteroatoms. The Morgan fingerprint density at radius 1 is 1.24 bits per heavy atom. The van der Waals surface area contributed by atoms with E-state index < -0.39 is 0 Å². The highest BCUT2D eigenvalue weighted by atomic mass is 19.1. The van der Waals surface area contributed by atoms with Gasteiger partial charge in [-0.1, -0.05) is 0 Å². The smallest absolute Gasteiger partial charge is 0.409 e. The SMILES string of the molecule is CCNC(=NCCc1cc(F)cc2c1OCOC2)N1CCN(C(=O)OCC)CC1. The minimum atomic E-state index is -0.293. The summed E-state index contributed by atoms with van der Waals surface area (Å²) in [5, 5.41) is 3.30. The van der Waals surface area contributed by atoms with E-state index in [0.29, 0.717) is 58.1 Å². The Morgan fingerprint density at radius 2 is 2.00 bits per heavy atom. The molecule has 1 aromatic rings. The average Bonchev–Trinajstić information content (AvgIpc) is 2.73. The van der Waals surface area contributed by atoms with E-state index >= 15 is 0 Å². The Kier molecular flexibility index (Phi) is 7.51. The molecule has 2 heterocycles. The van der Waals surface area contributed by atoms with Crippen molar-refractivity contribution in [2.24, 2.45) is 4.99 Å². The van der Waals surface area contributed by atoms with Crippen LogP contribution in [0.25, 0.3) is 0 Å². The van der Waals surface area contributed by atoms with E-state index in [0.717, 1.165) is 23.6 Å². The molecule has 2 aliphatic heterocycles. The summed E-state index contributed by atoms with van der Waals surface area (Å²) in [4.78, 5) is 20.4. The van der Waals surface area contributed by atoms with Gasteiger partial charge in [-0.15, -0.1) is 0 Å². The molecule has 160 valence electrons. The van der Waals surface area contributed by atoms with Gasteiger partial charge in [0.2, 0.25) is 0 Å². The first kappa shape index (κ1) is 21.2. The van der Waals surface area contributed by atoms with Crippen molar-refractivity contribution in [2.75, 3.05) is 52.7 Å². The Morgan fingerprint density at radius 3 is 2.72 bits per heavy atom. The first-order chi connectivity index (χ1) is 14.1. The van der Waals surface area contributed by atoms with Gasteiger partial charge in [-0.2, -0.15) is 0 Å². The number of amides is 1. The average molecular weight is 408 g/mol. The molecule has 0 radical (unpaired) electrons. The number of aliphatic imine (C=N–C) groups is 1. The van der Waals surface area contributed by atoms with Crippen LogP contribution >= 0.6 is 0 Å². The number of halogens is 1. The zero-order chi connectivity index (χ0) is 20.6. The lowest BCUT2D eigenvalue weighted by Gasteiger charge is -2.35. The lowest BCUT2D eigenvalue weighted by Crippen LogP contribution is -2.54. The number of piperazine rings is 1. The summed E-state index contributed by atoms with van der Waals surface area (Å²) in [6.07, 6.45) is 0.298. The molecule has 1 saturated heterocycles. The Bertz CT molecular complexity index is 735. The van der Waals surface area contributed by atoms with Gasteiger partial charge >= 0.3 is 6.09 Å². The summed E-state index contributed by atoms with van der Waals surface area (Å²) >= 11 is 0. The number of hydrogen-bond donors (Lipinski definition) is 1. The molecule has 0 aliphatic carbocycles. The number of benzene rings is 1. The van der Waals surface area contributed by atoms with Gasteiger partial charge in [-0.3, -0.25) is 4.99 Å². The molecule has 0 aromatic heterocycles. The van der Waals surface area contributed by atoms with Crippen LogP contribution in [0.4, 0.5) is 9.18 Å². The molecule has 0 saturated carbocycles. The number of fused-ring (bicyclic) bond motifs is 1. The molecule has 3 rings (SSSR count). The fraction of sp³-hybridized carbons (Fsp3) is 0.600. The molecule has 1 aromatic carbocycles. The molecule has 29 heavy (non-hydrogen) atoms. The van der Waals surface area contributed by atoms with E-state index in [1.807, 2.05) is 6.92 Å². The zero-order valence-corrected chi connectivity index (χ0v) is 17.1. The normalized spacial score (nSPS) is 16.9. The molecule has 0 spiro atoms. The maximum absolute atomic E-state index is 13.9. The summed E-state index contributed by atoms with van der Waals surface area (Å²) in [5.74, 6) is 1.21. The molecule has 2 aliphatic rings. The number of carbonyl (C=O) groups excluding carboxylic acids is 1. The van der Waals surface area contributed by atoms with Crippen molar-refractivity contribution in [3.8, 4) is 5.75 Å². The number of guanidine groups is 1. The molecule has 1 fully saturated rings. The van der Waals surface area contributed by atoms with E-state index in [1.54, 1.807) is 11.8 Å². The second-order valence-corrected chi connectivity index (χ2v) is 6.82. The predicted octanol–water partition coefficient (Wildman–Crippen LogP) is 1.97. The van der Waals surface area contributed by atoms with Crippen molar-refractivity contribution >= 4 is 12.1 Å². The maximum Gasteiger partial charge on any atom is 0.409 e. The summed E-state index contributed by atoms with van der Waals surface area (Å²) in [6.45, 7) is 8.53. The van der Waals surface area contributed by atoms with Crippen LogP contribution < -0.4 is 10.1 Å². The molecule has 1 amide bonds.